The van der Waals surface area contributed by atoms with Gasteiger partial charge in [-0.2, -0.15) is 0 Å². The quantitative estimate of drug-likeness (QED) is 0.0212. The summed E-state index contributed by atoms with van der Waals surface area (Å²) in [6, 6.07) is 52.0. The van der Waals surface area contributed by atoms with Crippen LogP contribution in [0.2, 0.25) is 0 Å². The highest BCUT2D eigenvalue weighted by Crippen LogP contribution is 2.28. The SMILES string of the molecule is CCC(C)COC(=O)c1ccc(-c2ccc(OCCCCCCCCCCOc3ccc(C=Nc4ccc(N=Cc5ccc(OCCCCCCCCCCOc6ccc(-c7ccc(C(=O)OCC(C)CC)cc7)cc6)c(C)c5)cc4)cc3C)cc2)cc1. The number of aliphatic imine (C=N–C) groups is 2. The number of rotatable bonds is 40. The van der Waals surface area contributed by atoms with Crippen molar-refractivity contribution >= 4 is 35.7 Å². The van der Waals surface area contributed by atoms with E-state index in [0.29, 0.717) is 36.2 Å². The van der Waals surface area contributed by atoms with Crippen LogP contribution in [0.4, 0.5) is 11.4 Å². The molecule has 7 aromatic carbocycles. The van der Waals surface area contributed by atoms with Crippen LogP contribution in [0.15, 0.2) is 168 Å². The highest BCUT2D eigenvalue weighted by molar-refractivity contribution is 5.91. The van der Waals surface area contributed by atoms with Gasteiger partial charge in [0.1, 0.15) is 23.0 Å². The fraction of sp³-hybridized carbons (Fsp3) is 0.410. The minimum Gasteiger partial charge on any atom is -0.494 e. The molecule has 0 saturated carbocycles. The van der Waals surface area contributed by atoms with Gasteiger partial charge in [-0.15, -0.1) is 0 Å². The van der Waals surface area contributed by atoms with E-state index in [9.17, 15) is 9.59 Å². The molecule has 7 aromatic rings. The fourth-order valence-corrected chi connectivity index (χ4v) is 9.95. The molecule has 0 saturated heterocycles. The summed E-state index contributed by atoms with van der Waals surface area (Å²) in [5, 5.41) is 0. The molecule has 7 rings (SSSR count). The minimum atomic E-state index is -0.269. The number of carbonyl (C=O) groups excluding carboxylic acids is 2. The Bertz CT molecular complexity index is 2970. The van der Waals surface area contributed by atoms with Crippen LogP contribution in [0.1, 0.15) is 186 Å². The van der Waals surface area contributed by atoms with Crippen LogP contribution in [-0.2, 0) is 9.47 Å². The van der Waals surface area contributed by atoms with E-state index < -0.39 is 0 Å². The number of benzene rings is 7. The molecule has 2 atom stereocenters. The Labute approximate surface area is 526 Å². The predicted octanol–water partition coefficient (Wildman–Crippen LogP) is 20.7. The number of esters is 2. The molecule has 0 fully saturated rings. The third kappa shape index (κ3) is 24.3. The third-order valence-corrected chi connectivity index (χ3v) is 16.1. The Morgan fingerprint density at radius 2 is 0.670 bits per heavy atom. The average Bonchev–Trinajstić information content (AvgIpc) is 3.76. The van der Waals surface area contributed by atoms with Crippen LogP contribution in [0, 0.1) is 25.7 Å². The highest BCUT2D eigenvalue weighted by atomic mass is 16.5. The number of ether oxygens (including phenoxy) is 6. The maximum Gasteiger partial charge on any atom is 0.338 e. The molecule has 0 bridgehead atoms. The standard InChI is InChI=1S/C78H96N2O8/c1-7-59(3)57-87-77(81)69-31-27-65(28-32-69)67-35-43-73(44-36-67)83-49-21-17-13-9-11-15-19-23-51-85-75-47-25-63(53-61(75)5)55-79-71-39-41-72(42-40-71)80-56-64-26-48-76(62(6)54-64)86-52-24-20-16-12-10-14-18-22-50-84-74-45-37-68(38-46-74)66-29-33-70(34-30-66)78(82)88-58-60(4)8-2/h25-48,53-56,59-60H,7-24,49-52,57-58H2,1-6H3. The lowest BCUT2D eigenvalue weighted by molar-refractivity contribution is 0.0438. The fourth-order valence-electron chi connectivity index (χ4n) is 9.95. The molecule has 0 aliphatic carbocycles. The maximum absolute atomic E-state index is 12.4. The van der Waals surface area contributed by atoms with E-state index >= 15 is 0 Å². The van der Waals surface area contributed by atoms with Crippen molar-refractivity contribution in [3.63, 3.8) is 0 Å². The van der Waals surface area contributed by atoms with E-state index in [-0.39, 0.29) is 11.9 Å². The normalized spacial score (nSPS) is 12.1. The van der Waals surface area contributed by atoms with E-state index in [2.05, 4.69) is 102 Å². The van der Waals surface area contributed by atoms with Gasteiger partial charge in [0.15, 0.2) is 0 Å². The van der Waals surface area contributed by atoms with Crippen molar-refractivity contribution in [3.8, 4) is 45.3 Å². The lowest BCUT2D eigenvalue weighted by Crippen LogP contribution is -2.11. The summed E-state index contributed by atoms with van der Waals surface area (Å²) in [6.07, 6.45) is 24.6. The van der Waals surface area contributed by atoms with Gasteiger partial charge in [0.2, 0.25) is 0 Å². The molecule has 88 heavy (non-hydrogen) atoms. The smallest absolute Gasteiger partial charge is 0.338 e. The van der Waals surface area contributed by atoms with E-state index in [0.717, 1.165) is 144 Å². The predicted molar refractivity (Wildman–Crippen MR) is 362 cm³/mol. The molecule has 0 aromatic heterocycles. The van der Waals surface area contributed by atoms with Crippen LogP contribution < -0.4 is 18.9 Å². The number of hydrogen-bond acceptors (Lipinski definition) is 10. The monoisotopic (exact) mass is 1190 g/mol. The first-order valence-electron chi connectivity index (χ1n) is 32.7. The molecule has 0 heterocycles. The summed E-state index contributed by atoms with van der Waals surface area (Å²) in [5.74, 6) is 3.82. The Balaban J connectivity index is 0.663. The molecular formula is C78H96N2O8. The largest absolute Gasteiger partial charge is 0.494 e. The Morgan fingerprint density at radius 1 is 0.375 bits per heavy atom. The van der Waals surface area contributed by atoms with Crippen molar-refractivity contribution in [2.75, 3.05) is 39.6 Å². The van der Waals surface area contributed by atoms with Crippen LogP contribution in [-0.4, -0.2) is 64.0 Å². The lowest BCUT2D eigenvalue weighted by atomic mass is 10.0. The summed E-state index contributed by atoms with van der Waals surface area (Å²) in [7, 11) is 0. The number of unbranched alkanes of at least 4 members (excludes halogenated alkanes) is 14. The van der Waals surface area contributed by atoms with Crippen LogP contribution in [0.3, 0.4) is 0 Å². The van der Waals surface area contributed by atoms with Gasteiger partial charge < -0.3 is 28.4 Å². The van der Waals surface area contributed by atoms with Crippen molar-refractivity contribution in [3.05, 3.63) is 191 Å². The van der Waals surface area contributed by atoms with Gasteiger partial charge in [0.05, 0.1) is 62.1 Å². The van der Waals surface area contributed by atoms with Gasteiger partial charge in [0.25, 0.3) is 0 Å². The molecule has 10 heteroatoms. The molecule has 2 unspecified atom stereocenters. The average molecular weight is 1190 g/mol. The lowest BCUT2D eigenvalue weighted by Gasteiger charge is -2.10. The first kappa shape index (κ1) is 67.5. The summed E-state index contributed by atoms with van der Waals surface area (Å²) >= 11 is 0. The number of nitrogens with zero attached hydrogens (tertiary/aromatic N) is 2. The van der Waals surface area contributed by atoms with Crippen molar-refractivity contribution in [2.45, 2.75) is 157 Å². The van der Waals surface area contributed by atoms with Crippen molar-refractivity contribution in [2.24, 2.45) is 21.8 Å². The van der Waals surface area contributed by atoms with E-state index in [1.54, 1.807) is 0 Å². The minimum absolute atomic E-state index is 0.269. The molecule has 0 aliphatic rings. The number of aryl methyl sites for hydroxylation is 2. The summed E-state index contributed by atoms with van der Waals surface area (Å²) in [5.41, 5.74) is 11.5. The topological polar surface area (TPSA) is 114 Å². The van der Waals surface area contributed by atoms with Gasteiger partial charge in [-0.05, 0) is 205 Å². The number of hydrogen-bond donors (Lipinski definition) is 0. The first-order chi connectivity index (χ1) is 43.0. The summed E-state index contributed by atoms with van der Waals surface area (Å²) in [4.78, 5) is 34.2. The molecule has 0 N–H and O–H groups in total. The Hall–Kier alpha value is -7.98. The highest BCUT2D eigenvalue weighted by Gasteiger charge is 2.12. The zero-order valence-corrected chi connectivity index (χ0v) is 53.5. The summed E-state index contributed by atoms with van der Waals surface area (Å²) < 4.78 is 35.3. The molecule has 0 aliphatic heterocycles. The van der Waals surface area contributed by atoms with Gasteiger partial charge in [-0.25, -0.2) is 9.59 Å². The van der Waals surface area contributed by atoms with Gasteiger partial charge >= 0.3 is 11.9 Å². The van der Waals surface area contributed by atoms with Gasteiger partial charge in [-0.3, -0.25) is 9.98 Å². The van der Waals surface area contributed by atoms with Crippen molar-refractivity contribution < 1.29 is 38.0 Å². The number of carbonyl (C=O) groups is 2. The Morgan fingerprint density at radius 3 is 0.977 bits per heavy atom. The zero-order valence-electron chi connectivity index (χ0n) is 53.5. The molecule has 0 amide bonds. The molecule has 0 radical (unpaired) electrons. The van der Waals surface area contributed by atoms with Crippen molar-refractivity contribution in [1.29, 1.82) is 0 Å². The van der Waals surface area contributed by atoms with Gasteiger partial charge in [0, 0.05) is 12.4 Å². The van der Waals surface area contributed by atoms with E-state index in [1.807, 2.05) is 109 Å². The Kier molecular flexibility index (Phi) is 29.4. The van der Waals surface area contributed by atoms with Crippen LogP contribution in [0.25, 0.3) is 22.3 Å². The second kappa shape index (κ2) is 38.3. The molecule has 0 spiro atoms. The maximum atomic E-state index is 12.4. The first-order valence-corrected chi connectivity index (χ1v) is 32.7. The van der Waals surface area contributed by atoms with Crippen LogP contribution in [0.5, 0.6) is 23.0 Å². The molecular weight excluding hydrogens is 1090 g/mol. The van der Waals surface area contributed by atoms with Crippen LogP contribution >= 0.6 is 0 Å². The van der Waals surface area contributed by atoms with Gasteiger partial charge in [-0.1, -0.05) is 166 Å². The molecule has 466 valence electrons. The van der Waals surface area contributed by atoms with E-state index in [4.69, 9.17) is 38.4 Å². The van der Waals surface area contributed by atoms with Crippen molar-refractivity contribution in [1.82, 2.24) is 0 Å². The zero-order chi connectivity index (χ0) is 62.0. The second-order valence-corrected chi connectivity index (χ2v) is 23.6. The summed E-state index contributed by atoms with van der Waals surface area (Å²) in [6.45, 7) is 16.3. The van der Waals surface area contributed by atoms with E-state index in [1.165, 1.54) is 77.0 Å². The second-order valence-electron chi connectivity index (χ2n) is 23.6. The third-order valence-electron chi connectivity index (χ3n) is 16.1. The molecule has 10 nitrogen and oxygen atoms in total.